The Bertz CT molecular complexity index is 448. The van der Waals surface area contributed by atoms with Crippen LogP contribution in [-0.2, 0) is 27.4 Å². The predicted octanol–water partition coefficient (Wildman–Crippen LogP) is 0.735. The van der Waals surface area contributed by atoms with Crippen molar-refractivity contribution >= 4 is 12.1 Å². The number of carbonyl (C=O) groups excluding carboxylic acids is 2. The molecule has 19 heavy (non-hydrogen) atoms. The van der Waals surface area contributed by atoms with E-state index in [1.165, 1.54) is 14.2 Å². The molecular formula is C13H19N2O4+. The SMILES string of the molecule is CCc1ccc[n+](COC(=O)N(C)CC(=O)OC)c1. The number of nitrogens with zero attached hydrogens (tertiary/aromatic N) is 2. The van der Waals surface area contributed by atoms with E-state index in [0.717, 1.165) is 16.9 Å². The Hall–Kier alpha value is -2.11. The number of hydrogen-bond donors (Lipinski definition) is 0. The van der Waals surface area contributed by atoms with Crippen LogP contribution in [0.2, 0.25) is 0 Å². The van der Waals surface area contributed by atoms with Crippen LogP contribution in [0.3, 0.4) is 0 Å². The highest BCUT2D eigenvalue weighted by atomic mass is 16.6. The van der Waals surface area contributed by atoms with Gasteiger partial charge in [0.05, 0.1) is 7.11 Å². The van der Waals surface area contributed by atoms with E-state index < -0.39 is 12.1 Å². The quantitative estimate of drug-likeness (QED) is 0.583. The molecule has 1 rings (SSSR count). The van der Waals surface area contributed by atoms with Crippen molar-refractivity contribution in [1.29, 1.82) is 0 Å². The van der Waals surface area contributed by atoms with Crippen LogP contribution in [0.4, 0.5) is 4.79 Å². The predicted molar refractivity (Wildman–Crippen MR) is 67.1 cm³/mol. The Morgan fingerprint density at radius 1 is 1.42 bits per heavy atom. The van der Waals surface area contributed by atoms with Crippen LogP contribution in [-0.4, -0.2) is 37.7 Å². The number of pyridine rings is 1. The molecule has 0 aliphatic heterocycles. The highest BCUT2D eigenvalue weighted by molar-refractivity contribution is 5.77. The van der Waals surface area contributed by atoms with Gasteiger partial charge in [-0.05, 0) is 12.5 Å². The fraction of sp³-hybridized carbons (Fsp3) is 0.462. The Morgan fingerprint density at radius 3 is 2.79 bits per heavy atom. The van der Waals surface area contributed by atoms with Gasteiger partial charge in [0.25, 0.3) is 6.73 Å². The topological polar surface area (TPSA) is 59.7 Å². The Kier molecular flexibility index (Phi) is 5.78. The maximum Gasteiger partial charge on any atom is 0.414 e. The molecule has 0 unspecified atom stereocenters. The summed E-state index contributed by atoms with van der Waals surface area (Å²) in [5.41, 5.74) is 1.15. The lowest BCUT2D eigenvalue weighted by Gasteiger charge is -2.13. The van der Waals surface area contributed by atoms with Gasteiger partial charge in [0.2, 0.25) is 0 Å². The molecule has 0 N–H and O–H groups in total. The van der Waals surface area contributed by atoms with Gasteiger partial charge in [-0.2, -0.15) is 4.57 Å². The first kappa shape index (κ1) is 14.9. The van der Waals surface area contributed by atoms with E-state index in [-0.39, 0.29) is 13.3 Å². The zero-order valence-corrected chi connectivity index (χ0v) is 11.5. The molecule has 0 aliphatic rings. The van der Waals surface area contributed by atoms with E-state index in [2.05, 4.69) is 11.7 Å². The standard InChI is InChI=1S/C13H19N2O4/c1-4-11-6-5-7-15(8-11)10-19-13(17)14(2)9-12(16)18-3/h5-8H,4,9-10H2,1-3H3/q+1. The van der Waals surface area contributed by atoms with Gasteiger partial charge < -0.3 is 14.4 Å². The highest BCUT2D eigenvalue weighted by Gasteiger charge is 2.15. The molecule has 0 fully saturated rings. The molecule has 0 aromatic carbocycles. The van der Waals surface area contributed by atoms with Gasteiger partial charge in [0, 0.05) is 18.7 Å². The molecule has 0 spiro atoms. The lowest BCUT2D eigenvalue weighted by Crippen LogP contribution is -2.40. The number of carbonyl (C=O) groups is 2. The number of esters is 1. The number of ether oxygens (including phenoxy) is 2. The van der Waals surface area contributed by atoms with Gasteiger partial charge in [-0.1, -0.05) is 6.92 Å². The van der Waals surface area contributed by atoms with Gasteiger partial charge in [0.1, 0.15) is 6.54 Å². The summed E-state index contributed by atoms with van der Waals surface area (Å²) in [4.78, 5) is 23.8. The number of likely N-dealkylation sites (N-methyl/N-ethyl adjacent to an activating group) is 1. The smallest absolute Gasteiger partial charge is 0.414 e. The van der Waals surface area contributed by atoms with Gasteiger partial charge in [-0.25, -0.2) is 4.79 Å². The van der Waals surface area contributed by atoms with Crippen LogP contribution < -0.4 is 4.57 Å². The molecule has 0 radical (unpaired) electrons. The van der Waals surface area contributed by atoms with Gasteiger partial charge in [0.15, 0.2) is 12.4 Å². The molecule has 0 bridgehead atoms. The van der Waals surface area contributed by atoms with E-state index in [9.17, 15) is 9.59 Å². The van der Waals surface area contributed by atoms with Crippen molar-refractivity contribution < 1.29 is 23.6 Å². The van der Waals surface area contributed by atoms with Crippen molar-refractivity contribution in [3.63, 3.8) is 0 Å². The summed E-state index contributed by atoms with van der Waals surface area (Å²) in [5, 5.41) is 0. The monoisotopic (exact) mass is 267 g/mol. The van der Waals surface area contributed by atoms with Crippen molar-refractivity contribution in [2.24, 2.45) is 0 Å². The molecule has 1 aromatic rings. The zero-order chi connectivity index (χ0) is 14.3. The third-order valence-electron chi connectivity index (χ3n) is 2.57. The first-order valence-corrected chi connectivity index (χ1v) is 5.99. The van der Waals surface area contributed by atoms with Crippen molar-refractivity contribution in [3.8, 4) is 0 Å². The van der Waals surface area contributed by atoms with Gasteiger partial charge in [-0.15, -0.1) is 0 Å². The molecule has 1 aromatic heterocycles. The number of rotatable bonds is 5. The minimum Gasteiger partial charge on any atom is -0.468 e. The van der Waals surface area contributed by atoms with E-state index in [1.807, 2.05) is 24.5 Å². The third kappa shape index (κ3) is 4.95. The minimum atomic E-state index is -0.570. The van der Waals surface area contributed by atoms with Crippen molar-refractivity contribution in [2.75, 3.05) is 20.7 Å². The Labute approximate surface area is 112 Å². The number of amides is 1. The first-order chi connectivity index (χ1) is 9.06. The summed E-state index contributed by atoms with van der Waals surface area (Å²) in [6.07, 6.45) is 4.07. The van der Waals surface area contributed by atoms with Crippen LogP contribution >= 0.6 is 0 Å². The summed E-state index contributed by atoms with van der Waals surface area (Å²) in [5.74, 6) is -0.486. The molecule has 104 valence electrons. The number of methoxy groups -OCH3 is 1. The maximum absolute atomic E-state index is 11.6. The second kappa shape index (κ2) is 7.35. The summed E-state index contributed by atoms with van der Waals surface area (Å²) < 4.78 is 11.3. The summed E-state index contributed by atoms with van der Waals surface area (Å²) in [6.45, 7) is 2.03. The molecule has 6 nitrogen and oxygen atoms in total. The molecule has 6 heteroatoms. The normalized spacial score (nSPS) is 9.84. The number of aryl methyl sites for hydroxylation is 1. The van der Waals surface area contributed by atoms with E-state index in [4.69, 9.17) is 4.74 Å². The lowest BCUT2D eigenvalue weighted by atomic mass is 10.2. The second-order valence-electron chi connectivity index (χ2n) is 4.05. The van der Waals surface area contributed by atoms with Crippen LogP contribution in [0.5, 0.6) is 0 Å². The van der Waals surface area contributed by atoms with Gasteiger partial charge >= 0.3 is 12.1 Å². The molecule has 0 saturated heterocycles. The molecule has 0 saturated carbocycles. The average molecular weight is 267 g/mol. The average Bonchev–Trinajstić information content (AvgIpc) is 2.44. The highest BCUT2D eigenvalue weighted by Crippen LogP contribution is 1.95. The molecule has 0 atom stereocenters. The molecule has 0 aliphatic carbocycles. The van der Waals surface area contributed by atoms with Crippen LogP contribution in [0, 0.1) is 0 Å². The van der Waals surface area contributed by atoms with E-state index in [1.54, 1.807) is 4.57 Å². The molecule has 1 amide bonds. The first-order valence-electron chi connectivity index (χ1n) is 5.99. The molecule has 1 heterocycles. The Morgan fingerprint density at radius 2 is 2.16 bits per heavy atom. The van der Waals surface area contributed by atoms with E-state index >= 15 is 0 Å². The summed E-state index contributed by atoms with van der Waals surface area (Å²) in [7, 11) is 2.75. The van der Waals surface area contributed by atoms with Crippen molar-refractivity contribution in [3.05, 3.63) is 30.1 Å². The van der Waals surface area contributed by atoms with Gasteiger partial charge in [-0.3, -0.25) is 4.79 Å². The lowest BCUT2D eigenvalue weighted by molar-refractivity contribution is -0.727. The zero-order valence-electron chi connectivity index (χ0n) is 11.5. The fourth-order valence-corrected chi connectivity index (χ4v) is 1.43. The fourth-order valence-electron chi connectivity index (χ4n) is 1.43. The number of aromatic nitrogens is 1. The Balaban J connectivity index is 2.47. The third-order valence-corrected chi connectivity index (χ3v) is 2.57. The maximum atomic E-state index is 11.6. The molecular weight excluding hydrogens is 248 g/mol. The summed E-state index contributed by atoms with van der Waals surface area (Å²) >= 11 is 0. The van der Waals surface area contributed by atoms with Crippen LogP contribution in [0.1, 0.15) is 12.5 Å². The minimum absolute atomic E-state index is 0.109. The van der Waals surface area contributed by atoms with Crippen LogP contribution in [0.25, 0.3) is 0 Å². The summed E-state index contributed by atoms with van der Waals surface area (Å²) in [6, 6.07) is 3.90. The largest absolute Gasteiger partial charge is 0.468 e. The van der Waals surface area contributed by atoms with Crippen molar-refractivity contribution in [2.45, 2.75) is 20.1 Å². The van der Waals surface area contributed by atoms with E-state index in [0.29, 0.717) is 0 Å². The number of hydrogen-bond acceptors (Lipinski definition) is 4. The van der Waals surface area contributed by atoms with Crippen LogP contribution in [0.15, 0.2) is 24.5 Å². The second-order valence-corrected chi connectivity index (χ2v) is 4.05. The van der Waals surface area contributed by atoms with Crippen molar-refractivity contribution in [1.82, 2.24) is 4.90 Å².